The molecule has 2 aliphatic heterocycles. The normalized spacial score (nSPS) is 22.3. The predicted molar refractivity (Wildman–Crippen MR) is 52.7 cm³/mol. The van der Waals surface area contributed by atoms with Gasteiger partial charge in [-0.05, 0) is 36.6 Å². The molecule has 1 aromatic rings. The molecule has 3 rings (SSSR count). The van der Waals surface area contributed by atoms with Crippen LogP contribution in [0.2, 0.25) is 0 Å². The molecule has 1 aromatic carbocycles. The van der Waals surface area contributed by atoms with Crippen molar-refractivity contribution in [2.75, 3.05) is 13.1 Å². The Hall–Kier alpha value is -1.22. The van der Waals surface area contributed by atoms with Gasteiger partial charge in [0.1, 0.15) is 17.1 Å². The summed E-state index contributed by atoms with van der Waals surface area (Å²) in [6.45, 7) is 1.90. The van der Waals surface area contributed by atoms with Gasteiger partial charge < -0.3 is 15.2 Å². The second-order valence-corrected chi connectivity index (χ2v) is 4.18. The quantitative estimate of drug-likeness (QED) is 0.644. The first-order chi connectivity index (χ1) is 6.77. The van der Waals surface area contributed by atoms with Crippen molar-refractivity contribution in [2.45, 2.75) is 18.4 Å². The molecule has 2 N–H and O–H groups in total. The third-order valence-corrected chi connectivity index (χ3v) is 3.11. The molecular weight excluding hydrogens is 178 g/mol. The molecule has 0 unspecified atom stereocenters. The molecule has 0 aliphatic carbocycles. The van der Waals surface area contributed by atoms with E-state index in [4.69, 9.17) is 4.74 Å². The maximum absolute atomic E-state index is 9.32. The van der Waals surface area contributed by atoms with E-state index < -0.39 is 0 Å². The minimum atomic E-state index is 0.0456. The van der Waals surface area contributed by atoms with Crippen LogP contribution in [0.4, 0.5) is 0 Å². The minimum absolute atomic E-state index is 0.0456. The summed E-state index contributed by atoms with van der Waals surface area (Å²) in [4.78, 5) is 0. The summed E-state index contributed by atoms with van der Waals surface area (Å²) in [7, 11) is 0. The van der Waals surface area contributed by atoms with Gasteiger partial charge in [0.25, 0.3) is 0 Å². The van der Waals surface area contributed by atoms with Crippen LogP contribution < -0.4 is 10.1 Å². The Kier molecular flexibility index (Phi) is 1.53. The maximum Gasteiger partial charge on any atom is 0.134 e. The van der Waals surface area contributed by atoms with Gasteiger partial charge in [-0.1, -0.05) is 0 Å². The fourth-order valence-electron chi connectivity index (χ4n) is 2.16. The highest BCUT2D eigenvalue weighted by Crippen LogP contribution is 2.36. The second-order valence-electron chi connectivity index (χ2n) is 4.18. The van der Waals surface area contributed by atoms with E-state index in [1.807, 2.05) is 6.07 Å². The Balaban J connectivity index is 1.94. The van der Waals surface area contributed by atoms with Gasteiger partial charge >= 0.3 is 0 Å². The van der Waals surface area contributed by atoms with Gasteiger partial charge in [0.2, 0.25) is 0 Å². The molecule has 0 aromatic heterocycles. The Labute approximate surface area is 82.7 Å². The SMILES string of the molecule is Oc1ccc2c(c1)CCC1(CNC1)O2. The lowest BCUT2D eigenvalue weighted by Crippen LogP contribution is -2.64. The lowest BCUT2D eigenvalue weighted by molar-refractivity contribution is -0.00240. The Morgan fingerprint density at radius 3 is 2.93 bits per heavy atom. The van der Waals surface area contributed by atoms with Gasteiger partial charge in [-0.15, -0.1) is 0 Å². The largest absolute Gasteiger partial charge is 0.508 e. The van der Waals surface area contributed by atoms with E-state index in [0.717, 1.165) is 37.2 Å². The van der Waals surface area contributed by atoms with Crippen LogP contribution in [-0.4, -0.2) is 23.8 Å². The Morgan fingerprint density at radius 1 is 1.36 bits per heavy atom. The van der Waals surface area contributed by atoms with Crippen LogP contribution in [-0.2, 0) is 6.42 Å². The molecule has 1 saturated heterocycles. The summed E-state index contributed by atoms with van der Waals surface area (Å²) in [5.41, 5.74) is 1.17. The Bertz CT molecular complexity index is 372. The maximum atomic E-state index is 9.32. The van der Waals surface area contributed by atoms with E-state index in [-0.39, 0.29) is 5.60 Å². The van der Waals surface area contributed by atoms with E-state index in [1.54, 1.807) is 12.1 Å². The lowest BCUT2D eigenvalue weighted by atomic mass is 9.86. The summed E-state index contributed by atoms with van der Waals surface area (Å²) in [6.07, 6.45) is 2.06. The summed E-state index contributed by atoms with van der Waals surface area (Å²) in [6, 6.07) is 5.35. The van der Waals surface area contributed by atoms with Crippen molar-refractivity contribution < 1.29 is 9.84 Å². The number of benzene rings is 1. The van der Waals surface area contributed by atoms with Crippen LogP contribution in [0.25, 0.3) is 0 Å². The van der Waals surface area contributed by atoms with Crippen molar-refractivity contribution in [2.24, 2.45) is 0 Å². The average molecular weight is 191 g/mol. The number of rotatable bonds is 0. The highest BCUT2D eigenvalue weighted by molar-refractivity contribution is 5.42. The van der Waals surface area contributed by atoms with Crippen molar-refractivity contribution in [3.63, 3.8) is 0 Å². The van der Waals surface area contributed by atoms with Crippen LogP contribution >= 0.6 is 0 Å². The fourth-order valence-corrected chi connectivity index (χ4v) is 2.16. The monoisotopic (exact) mass is 191 g/mol. The third kappa shape index (κ3) is 1.09. The summed E-state index contributed by atoms with van der Waals surface area (Å²) < 4.78 is 5.94. The molecule has 74 valence electrons. The van der Waals surface area contributed by atoms with Crippen molar-refractivity contribution in [1.82, 2.24) is 5.32 Å². The molecule has 1 fully saturated rings. The number of hydrogen-bond donors (Lipinski definition) is 2. The molecule has 3 heteroatoms. The minimum Gasteiger partial charge on any atom is -0.508 e. The third-order valence-electron chi connectivity index (χ3n) is 3.11. The molecule has 14 heavy (non-hydrogen) atoms. The molecule has 1 spiro atoms. The van der Waals surface area contributed by atoms with Crippen molar-refractivity contribution in [1.29, 1.82) is 0 Å². The highest BCUT2D eigenvalue weighted by Gasteiger charge is 2.41. The molecule has 0 saturated carbocycles. The van der Waals surface area contributed by atoms with Gasteiger partial charge in [0.15, 0.2) is 0 Å². The molecule has 0 atom stereocenters. The number of nitrogens with one attached hydrogen (secondary N) is 1. The molecular formula is C11H13NO2. The number of hydrogen-bond acceptors (Lipinski definition) is 3. The van der Waals surface area contributed by atoms with Crippen LogP contribution in [0.3, 0.4) is 0 Å². The average Bonchev–Trinajstić information content (AvgIpc) is 2.15. The second kappa shape index (κ2) is 2.64. The summed E-state index contributed by atoms with van der Waals surface area (Å²) >= 11 is 0. The molecule has 0 radical (unpaired) electrons. The number of ether oxygens (including phenoxy) is 1. The van der Waals surface area contributed by atoms with E-state index in [1.165, 1.54) is 0 Å². The fraction of sp³-hybridized carbons (Fsp3) is 0.455. The number of fused-ring (bicyclic) bond motifs is 1. The van der Waals surface area contributed by atoms with Crippen molar-refractivity contribution in [3.05, 3.63) is 23.8 Å². The number of phenolic OH excluding ortho intramolecular Hbond substituents is 1. The molecule has 2 aliphatic rings. The zero-order valence-corrected chi connectivity index (χ0v) is 7.92. The van der Waals surface area contributed by atoms with Crippen LogP contribution in [0.5, 0.6) is 11.5 Å². The number of aromatic hydroxyl groups is 1. The molecule has 0 amide bonds. The van der Waals surface area contributed by atoms with Crippen molar-refractivity contribution in [3.8, 4) is 11.5 Å². The first-order valence-corrected chi connectivity index (χ1v) is 4.99. The molecule has 2 heterocycles. The van der Waals surface area contributed by atoms with E-state index in [9.17, 15) is 5.11 Å². The van der Waals surface area contributed by atoms with E-state index in [2.05, 4.69) is 5.32 Å². The highest BCUT2D eigenvalue weighted by atomic mass is 16.5. The lowest BCUT2D eigenvalue weighted by Gasteiger charge is -2.45. The van der Waals surface area contributed by atoms with Crippen LogP contribution in [0, 0.1) is 0 Å². The van der Waals surface area contributed by atoms with Crippen molar-refractivity contribution >= 4 is 0 Å². The first kappa shape index (κ1) is 8.12. The van der Waals surface area contributed by atoms with Gasteiger partial charge in [-0.3, -0.25) is 0 Å². The standard InChI is InChI=1S/C11H13NO2/c13-9-1-2-10-8(5-9)3-4-11(14-10)6-12-7-11/h1-2,5,12-13H,3-4,6-7H2. The van der Waals surface area contributed by atoms with E-state index >= 15 is 0 Å². The van der Waals surface area contributed by atoms with Gasteiger partial charge in [0.05, 0.1) is 0 Å². The molecule has 3 nitrogen and oxygen atoms in total. The summed E-state index contributed by atoms with van der Waals surface area (Å²) in [5, 5.41) is 12.6. The summed E-state index contributed by atoms with van der Waals surface area (Å²) in [5.74, 6) is 1.27. The van der Waals surface area contributed by atoms with Crippen LogP contribution in [0.15, 0.2) is 18.2 Å². The van der Waals surface area contributed by atoms with Gasteiger partial charge in [-0.2, -0.15) is 0 Å². The zero-order valence-electron chi connectivity index (χ0n) is 7.92. The first-order valence-electron chi connectivity index (χ1n) is 4.99. The topological polar surface area (TPSA) is 41.5 Å². The number of aryl methyl sites for hydroxylation is 1. The van der Waals surface area contributed by atoms with Gasteiger partial charge in [-0.25, -0.2) is 0 Å². The smallest absolute Gasteiger partial charge is 0.134 e. The number of phenols is 1. The van der Waals surface area contributed by atoms with Gasteiger partial charge in [0, 0.05) is 13.1 Å². The Morgan fingerprint density at radius 2 is 2.21 bits per heavy atom. The van der Waals surface area contributed by atoms with E-state index in [0.29, 0.717) is 5.75 Å². The zero-order chi connectivity index (χ0) is 9.60. The molecule has 0 bridgehead atoms. The van der Waals surface area contributed by atoms with Crippen LogP contribution in [0.1, 0.15) is 12.0 Å². The predicted octanol–water partition coefficient (Wildman–Crippen LogP) is 1.06.